The SMILES string of the molecule is CCC/C=C/N=C(Nc1ccc(F)c(Cl)c1)c1cc(OCCN)c(CC)cc1C.CCN. The van der Waals surface area contributed by atoms with Gasteiger partial charge in [-0.25, -0.2) is 9.38 Å². The standard InChI is InChI=1S/C23H29ClFN3O.C2H7N/c1-4-6-7-11-27-23(28-18-8-9-21(25)20(24)14-18)19-15-22(29-12-10-26)17(5-2)13-16(19)3;1-2-3/h7-9,11,13-15H,4-6,10,12,26H2,1-3H3,(H,27,28);2-3H2,1H3/b11-7+;. The molecule has 5 N–H and O–H groups in total. The van der Waals surface area contributed by atoms with E-state index in [0.29, 0.717) is 24.7 Å². The number of nitrogens with one attached hydrogen (secondary N) is 1. The Morgan fingerprint density at radius 2 is 1.91 bits per heavy atom. The molecular formula is C25H36ClFN4O. The summed E-state index contributed by atoms with van der Waals surface area (Å²) in [5, 5.41) is 3.33. The number of aliphatic imine (C=N–C) groups is 1. The quantitative estimate of drug-likeness (QED) is 0.323. The Balaban J connectivity index is 0.00000161. The van der Waals surface area contributed by atoms with E-state index in [9.17, 15) is 4.39 Å². The lowest BCUT2D eigenvalue weighted by Crippen LogP contribution is -2.17. The predicted octanol–water partition coefficient (Wildman–Crippen LogP) is 5.82. The van der Waals surface area contributed by atoms with Gasteiger partial charge >= 0.3 is 0 Å². The lowest BCUT2D eigenvalue weighted by atomic mass is 10.0. The first-order valence-corrected chi connectivity index (χ1v) is 11.4. The second-order valence-corrected chi connectivity index (χ2v) is 7.49. The van der Waals surface area contributed by atoms with Crippen molar-refractivity contribution in [1.82, 2.24) is 0 Å². The van der Waals surface area contributed by atoms with Gasteiger partial charge in [-0.15, -0.1) is 0 Å². The first-order valence-electron chi connectivity index (χ1n) is 11.0. The Morgan fingerprint density at radius 1 is 1.19 bits per heavy atom. The summed E-state index contributed by atoms with van der Waals surface area (Å²) in [6.07, 6.45) is 6.64. The molecule has 0 saturated carbocycles. The summed E-state index contributed by atoms with van der Waals surface area (Å²) in [7, 11) is 0. The molecule has 7 heteroatoms. The second kappa shape index (κ2) is 15.4. The minimum absolute atomic E-state index is 0.0564. The normalized spacial score (nSPS) is 11.3. The van der Waals surface area contributed by atoms with Crippen molar-refractivity contribution in [2.45, 2.75) is 47.0 Å². The number of hydrogen-bond donors (Lipinski definition) is 3. The topological polar surface area (TPSA) is 85.7 Å². The smallest absolute Gasteiger partial charge is 0.141 e. The van der Waals surface area contributed by atoms with E-state index >= 15 is 0 Å². The summed E-state index contributed by atoms with van der Waals surface area (Å²) in [6, 6.07) is 8.59. The van der Waals surface area contributed by atoms with Crippen LogP contribution in [0.1, 0.15) is 50.3 Å². The third-order valence-corrected chi connectivity index (χ3v) is 4.66. The first kappa shape index (κ1) is 27.6. The van der Waals surface area contributed by atoms with Crippen LogP contribution in [0, 0.1) is 12.7 Å². The van der Waals surface area contributed by atoms with Gasteiger partial charge in [-0.1, -0.05) is 50.9 Å². The van der Waals surface area contributed by atoms with Crippen LogP contribution in [-0.4, -0.2) is 25.5 Å². The Morgan fingerprint density at radius 3 is 2.50 bits per heavy atom. The second-order valence-electron chi connectivity index (χ2n) is 7.08. The molecule has 32 heavy (non-hydrogen) atoms. The number of ether oxygens (including phenoxy) is 1. The number of unbranched alkanes of at least 4 members (excludes halogenated alkanes) is 1. The summed E-state index contributed by atoms with van der Waals surface area (Å²) in [6.45, 7) is 9.78. The minimum atomic E-state index is -0.459. The van der Waals surface area contributed by atoms with E-state index < -0.39 is 5.82 Å². The molecule has 5 nitrogen and oxygen atoms in total. The number of hydrogen-bond acceptors (Lipinski definition) is 4. The number of halogens is 2. The van der Waals surface area contributed by atoms with Crippen molar-refractivity contribution in [3.05, 3.63) is 70.1 Å². The molecule has 2 rings (SSSR count). The van der Waals surface area contributed by atoms with Crippen LogP contribution in [0.2, 0.25) is 5.02 Å². The Labute approximate surface area is 196 Å². The summed E-state index contributed by atoms with van der Waals surface area (Å²) >= 11 is 5.94. The van der Waals surface area contributed by atoms with Crippen molar-refractivity contribution < 1.29 is 9.13 Å². The molecule has 0 unspecified atom stereocenters. The highest BCUT2D eigenvalue weighted by molar-refractivity contribution is 6.31. The summed E-state index contributed by atoms with van der Waals surface area (Å²) in [5.41, 5.74) is 14.2. The molecule has 0 spiro atoms. The van der Waals surface area contributed by atoms with Crippen molar-refractivity contribution in [1.29, 1.82) is 0 Å². The molecule has 2 aromatic carbocycles. The molecule has 176 valence electrons. The number of allylic oxidation sites excluding steroid dienone is 1. The molecule has 0 fully saturated rings. The molecule has 0 heterocycles. The number of aryl methyl sites for hydroxylation is 2. The summed E-state index contributed by atoms with van der Waals surface area (Å²) in [4.78, 5) is 4.62. The average Bonchev–Trinajstić information content (AvgIpc) is 2.77. The van der Waals surface area contributed by atoms with Crippen molar-refractivity contribution >= 4 is 23.1 Å². The molecule has 0 aromatic heterocycles. The highest BCUT2D eigenvalue weighted by Gasteiger charge is 2.13. The van der Waals surface area contributed by atoms with Crippen LogP contribution >= 0.6 is 11.6 Å². The maximum atomic E-state index is 13.5. The van der Waals surface area contributed by atoms with Gasteiger partial charge in [-0.05, 0) is 61.7 Å². The number of rotatable bonds is 9. The lowest BCUT2D eigenvalue weighted by molar-refractivity contribution is 0.325. The van der Waals surface area contributed by atoms with Crippen LogP contribution in [-0.2, 0) is 6.42 Å². The predicted molar refractivity (Wildman–Crippen MR) is 135 cm³/mol. The monoisotopic (exact) mass is 462 g/mol. The molecule has 0 saturated heterocycles. The molecule has 0 radical (unpaired) electrons. The maximum Gasteiger partial charge on any atom is 0.141 e. The van der Waals surface area contributed by atoms with Crippen molar-refractivity contribution in [3.8, 4) is 5.75 Å². The number of amidine groups is 1. The lowest BCUT2D eigenvalue weighted by Gasteiger charge is -2.17. The van der Waals surface area contributed by atoms with Crippen LogP contribution in [0.3, 0.4) is 0 Å². The molecule has 0 aliphatic heterocycles. The van der Waals surface area contributed by atoms with Gasteiger partial charge in [0.15, 0.2) is 0 Å². The zero-order valence-corrected chi connectivity index (χ0v) is 20.3. The van der Waals surface area contributed by atoms with Crippen LogP contribution in [0.25, 0.3) is 0 Å². The van der Waals surface area contributed by atoms with Gasteiger partial charge < -0.3 is 21.5 Å². The van der Waals surface area contributed by atoms with E-state index in [1.54, 1.807) is 18.3 Å². The minimum Gasteiger partial charge on any atom is -0.492 e. The van der Waals surface area contributed by atoms with Crippen molar-refractivity contribution in [3.63, 3.8) is 0 Å². The molecule has 0 amide bonds. The van der Waals surface area contributed by atoms with Gasteiger partial charge in [0, 0.05) is 24.0 Å². The third-order valence-electron chi connectivity index (χ3n) is 4.37. The number of nitrogens with zero attached hydrogens (tertiary/aromatic N) is 1. The molecule has 2 aromatic rings. The Kier molecular flexibility index (Phi) is 13.3. The van der Waals surface area contributed by atoms with Crippen LogP contribution in [0.4, 0.5) is 10.1 Å². The summed E-state index contributed by atoms with van der Waals surface area (Å²) in [5.74, 6) is 0.972. The van der Waals surface area contributed by atoms with Crippen molar-refractivity contribution in [2.75, 3.05) is 25.0 Å². The van der Waals surface area contributed by atoms with Gasteiger partial charge in [0.2, 0.25) is 0 Å². The largest absolute Gasteiger partial charge is 0.492 e. The molecular weight excluding hydrogens is 427 g/mol. The zero-order chi connectivity index (χ0) is 23.9. The van der Waals surface area contributed by atoms with E-state index in [0.717, 1.165) is 48.2 Å². The highest BCUT2D eigenvalue weighted by atomic mass is 35.5. The van der Waals surface area contributed by atoms with E-state index in [4.69, 9.17) is 27.8 Å². The van der Waals surface area contributed by atoms with Gasteiger partial charge in [0.25, 0.3) is 0 Å². The molecule has 0 aliphatic carbocycles. The van der Waals surface area contributed by atoms with Crippen LogP contribution in [0.5, 0.6) is 5.75 Å². The van der Waals surface area contributed by atoms with Gasteiger partial charge in [-0.2, -0.15) is 0 Å². The number of anilines is 1. The van der Waals surface area contributed by atoms with Gasteiger partial charge in [0.05, 0.1) is 5.02 Å². The third kappa shape index (κ3) is 8.99. The average molecular weight is 463 g/mol. The number of benzene rings is 2. The van der Waals surface area contributed by atoms with E-state index in [-0.39, 0.29) is 5.02 Å². The molecule has 0 aliphatic rings. The van der Waals surface area contributed by atoms with Crippen LogP contribution in [0.15, 0.2) is 47.6 Å². The molecule has 0 atom stereocenters. The van der Waals surface area contributed by atoms with Gasteiger partial charge in [-0.3, -0.25) is 0 Å². The highest BCUT2D eigenvalue weighted by Crippen LogP contribution is 2.26. The first-order chi connectivity index (χ1) is 15.4. The van der Waals surface area contributed by atoms with Crippen LogP contribution < -0.4 is 21.5 Å². The Bertz CT molecular complexity index is 900. The fourth-order valence-electron chi connectivity index (χ4n) is 2.83. The van der Waals surface area contributed by atoms with E-state index in [2.05, 4.69) is 30.2 Å². The fourth-order valence-corrected chi connectivity index (χ4v) is 3.01. The van der Waals surface area contributed by atoms with E-state index in [1.807, 2.05) is 26.0 Å². The summed E-state index contributed by atoms with van der Waals surface area (Å²) < 4.78 is 19.4. The molecule has 0 bridgehead atoms. The van der Waals surface area contributed by atoms with Crippen molar-refractivity contribution in [2.24, 2.45) is 16.5 Å². The number of nitrogens with two attached hydrogens (primary N) is 2. The van der Waals surface area contributed by atoms with E-state index in [1.165, 1.54) is 6.07 Å². The fraction of sp³-hybridized carbons (Fsp3) is 0.400. The van der Waals surface area contributed by atoms with Gasteiger partial charge in [0.1, 0.15) is 24.0 Å². The maximum absolute atomic E-state index is 13.5. The Hall–Kier alpha value is -2.41. The zero-order valence-electron chi connectivity index (χ0n) is 19.6.